The van der Waals surface area contributed by atoms with Crippen molar-refractivity contribution in [3.63, 3.8) is 0 Å². The summed E-state index contributed by atoms with van der Waals surface area (Å²) in [5.41, 5.74) is 1.97. The molecular formula is C15H22N2. The van der Waals surface area contributed by atoms with Crippen molar-refractivity contribution in [3.8, 4) is 6.07 Å². The first-order chi connectivity index (χ1) is 7.92. The van der Waals surface area contributed by atoms with Crippen molar-refractivity contribution in [2.75, 3.05) is 11.9 Å². The summed E-state index contributed by atoms with van der Waals surface area (Å²) in [6.45, 7) is 8.28. The average Bonchev–Trinajstić information content (AvgIpc) is 2.37. The Balaban J connectivity index is 2.92. The fourth-order valence-electron chi connectivity index (χ4n) is 1.66. The lowest BCUT2D eigenvalue weighted by Gasteiger charge is -2.31. The van der Waals surface area contributed by atoms with E-state index in [2.05, 4.69) is 44.2 Å². The summed E-state index contributed by atoms with van der Waals surface area (Å²) >= 11 is 0. The molecule has 1 rings (SSSR count). The molecule has 0 spiro atoms. The van der Waals surface area contributed by atoms with E-state index in [4.69, 9.17) is 5.26 Å². The van der Waals surface area contributed by atoms with Gasteiger partial charge in [-0.1, -0.05) is 26.0 Å². The van der Waals surface area contributed by atoms with Gasteiger partial charge in [0.25, 0.3) is 0 Å². The maximum absolute atomic E-state index is 9.11. The zero-order valence-electron chi connectivity index (χ0n) is 11.5. The van der Waals surface area contributed by atoms with Crippen LogP contribution >= 0.6 is 0 Å². The van der Waals surface area contributed by atoms with E-state index in [-0.39, 0.29) is 0 Å². The van der Waals surface area contributed by atoms with E-state index in [1.54, 1.807) is 0 Å². The topological polar surface area (TPSA) is 27.0 Å². The van der Waals surface area contributed by atoms with Crippen LogP contribution in [0.2, 0.25) is 0 Å². The molecule has 0 N–H and O–H groups in total. The molecule has 1 atom stereocenters. The van der Waals surface area contributed by atoms with Gasteiger partial charge >= 0.3 is 0 Å². The lowest BCUT2D eigenvalue weighted by molar-refractivity contribution is 0.617. The maximum atomic E-state index is 9.11. The molecule has 0 fully saturated rings. The summed E-state index contributed by atoms with van der Waals surface area (Å²) < 4.78 is 0. The van der Waals surface area contributed by atoms with Gasteiger partial charge in [-0.2, -0.15) is 5.26 Å². The minimum Gasteiger partial charge on any atom is -0.357 e. The number of benzene rings is 1. The monoisotopic (exact) mass is 230 g/mol. The lowest BCUT2D eigenvalue weighted by atomic mass is 9.98. The molecule has 0 aliphatic heterocycles. The molecule has 92 valence electrons. The third-order valence-electron chi connectivity index (χ3n) is 3.57. The van der Waals surface area contributed by atoms with Crippen molar-refractivity contribution < 1.29 is 0 Å². The van der Waals surface area contributed by atoms with Crippen LogP contribution in [0.15, 0.2) is 24.3 Å². The number of anilines is 1. The predicted octanol–water partition coefficient (Wildman–Crippen LogP) is 3.94. The Labute approximate surface area is 105 Å². The van der Waals surface area contributed by atoms with E-state index < -0.39 is 5.54 Å². The molecule has 1 aromatic carbocycles. The van der Waals surface area contributed by atoms with Gasteiger partial charge in [-0.25, -0.2) is 0 Å². The van der Waals surface area contributed by atoms with Crippen LogP contribution in [-0.2, 0) is 0 Å². The van der Waals surface area contributed by atoms with Crippen LogP contribution in [0.3, 0.4) is 0 Å². The van der Waals surface area contributed by atoms with E-state index in [1.807, 2.05) is 25.8 Å². The first-order valence-corrected chi connectivity index (χ1v) is 6.17. The van der Waals surface area contributed by atoms with Gasteiger partial charge in [0.2, 0.25) is 0 Å². The molecule has 0 amide bonds. The normalized spacial score (nSPS) is 12.9. The van der Waals surface area contributed by atoms with Gasteiger partial charge in [0.15, 0.2) is 0 Å². The van der Waals surface area contributed by atoms with Crippen LogP contribution in [0, 0.1) is 11.3 Å². The highest BCUT2D eigenvalue weighted by molar-refractivity contribution is 5.51. The summed E-state index contributed by atoms with van der Waals surface area (Å²) in [7, 11) is 1.96. The highest BCUT2D eigenvalue weighted by Gasteiger charge is 2.22. The zero-order valence-corrected chi connectivity index (χ0v) is 11.5. The third kappa shape index (κ3) is 3.00. The number of nitrogens with zero attached hydrogens (tertiary/aromatic N) is 2. The minimum absolute atomic E-state index is 0.474. The molecule has 2 heteroatoms. The molecular weight excluding hydrogens is 208 g/mol. The van der Waals surface area contributed by atoms with Gasteiger partial charge in [0, 0.05) is 12.7 Å². The molecule has 0 heterocycles. The van der Waals surface area contributed by atoms with Gasteiger partial charge in [-0.15, -0.1) is 0 Å². The Kier molecular flexibility index (Phi) is 4.17. The lowest BCUT2D eigenvalue weighted by Crippen LogP contribution is -2.39. The van der Waals surface area contributed by atoms with Crippen LogP contribution in [0.1, 0.15) is 45.6 Å². The quantitative estimate of drug-likeness (QED) is 0.783. The number of nitriles is 1. The molecule has 0 saturated heterocycles. The second-order valence-electron chi connectivity index (χ2n) is 5.13. The van der Waals surface area contributed by atoms with Crippen LogP contribution in [0.5, 0.6) is 0 Å². The Morgan fingerprint density at radius 3 is 2.24 bits per heavy atom. The van der Waals surface area contributed by atoms with E-state index in [1.165, 1.54) is 5.56 Å². The molecule has 0 saturated carbocycles. The molecule has 0 aliphatic carbocycles. The van der Waals surface area contributed by atoms with Gasteiger partial charge in [0.05, 0.1) is 6.07 Å². The van der Waals surface area contributed by atoms with Crippen LogP contribution in [0.4, 0.5) is 5.69 Å². The number of hydrogen-bond acceptors (Lipinski definition) is 2. The molecule has 2 nitrogen and oxygen atoms in total. The molecule has 17 heavy (non-hydrogen) atoms. The summed E-state index contributed by atoms with van der Waals surface area (Å²) in [5.74, 6) is 0.596. The Morgan fingerprint density at radius 1 is 1.29 bits per heavy atom. The van der Waals surface area contributed by atoms with E-state index in [0.29, 0.717) is 5.92 Å². The van der Waals surface area contributed by atoms with Gasteiger partial charge in [-0.05, 0) is 43.9 Å². The first-order valence-electron chi connectivity index (χ1n) is 6.17. The highest BCUT2D eigenvalue weighted by Crippen LogP contribution is 2.25. The predicted molar refractivity (Wildman–Crippen MR) is 73.2 cm³/mol. The van der Waals surface area contributed by atoms with Crippen molar-refractivity contribution in [3.05, 3.63) is 29.8 Å². The van der Waals surface area contributed by atoms with Crippen LogP contribution in [0.25, 0.3) is 0 Å². The van der Waals surface area contributed by atoms with Gasteiger partial charge in [-0.3, -0.25) is 0 Å². The number of hydrogen-bond donors (Lipinski definition) is 0. The molecule has 1 unspecified atom stereocenters. The van der Waals surface area contributed by atoms with Gasteiger partial charge < -0.3 is 4.90 Å². The first kappa shape index (κ1) is 13.6. The largest absolute Gasteiger partial charge is 0.357 e. The summed E-state index contributed by atoms with van der Waals surface area (Å²) in [5, 5.41) is 9.11. The summed E-state index contributed by atoms with van der Waals surface area (Å²) in [6.07, 6.45) is 1.15. The Bertz CT molecular complexity index is 398. The highest BCUT2D eigenvalue weighted by atomic mass is 15.2. The van der Waals surface area contributed by atoms with Gasteiger partial charge in [0.1, 0.15) is 5.54 Å². The number of rotatable bonds is 4. The molecule has 1 aromatic rings. The molecule has 0 aliphatic rings. The molecule has 0 bridgehead atoms. The van der Waals surface area contributed by atoms with Crippen molar-refractivity contribution in [2.24, 2.45) is 0 Å². The Hall–Kier alpha value is -1.49. The second-order valence-corrected chi connectivity index (χ2v) is 5.13. The Morgan fingerprint density at radius 2 is 1.82 bits per heavy atom. The minimum atomic E-state index is -0.474. The van der Waals surface area contributed by atoms with Crippen LogP contribution in [-0.4, -0.2) is 12.6 Å². The standard InChI is InChI=1S/C15H22N2/c1-6-12(2)13-7-9-14(10-8-13)17(5)15(3,4)11-16/h7-10,12H,6H2,1-5H3. The zero-order chi connectivity index (χ0) is 13.1. The fraction of sp³-hybridized carbons (Fsp3) is 0.533. The van der Waals surface area contributed by atoms with E-state index in [0.717, 1.165) is 12.1 Å². The van der Waals surface area contributed by atoms with E-state index >= 15 is 0 Å². The fourth-order valence-corrected chi connectivity index (χ4v) is 1.66. The maximum Gasteiger partial charge on any atom is 0.121 e. The van der Waals surface area contributed by atoms with Crippen LogP contribution < -0.4 is 4.90 Å². The SMILES string of the molecule is CCC(C)c1ccc(N(C)C(C)(C)C#N)cc1. The van der Waals surface area contributed by atoms with Crippen molar-refractivity contribution in [1.82, 2.24) is 0 Å². The molecule has 0 aromatic heterocycles. The summed E-state index contributed by atoms with van der Waals surface area (Å²) in [6, 6.07) is 10.8. The average molecular weight is 230 g/mol. The smallest absolute Gasteiger partial charge is 0.121 e. The van der Waals surface area contributed by atoms with Crippen molar-refractivity contribution >= 4 is 5.69 Å². The van der Waals surface area contributed by atoms with Crippen molar-refractivity contribution in [2.45, 2.75) is 45.6 Å². The third-order valence-corrected chi connectivity index (χ3v) is 3.57. The summed E-state index contributed by atoms with van der Waals surface area (Å²) in [4.78, 5) is 2.01. The van der Waals surface area contributed by atoms with E-state index in [9.17, 15) is 0 Å². The molecule has 0 radical (unpaired) electrons. The van der Waals surface area contributed by atoms with Crippen molar-refractivity contribution in [1.29, 1.82) is 5.26 Å². The second kappa shape index (κ2) is 5.23.